The minimum Gasteiger partial charge on any atom is -0.240 e. The fraction of sp³-hybridized carbons (Fsp3) is 0.0714. The summed E-state index contributed by atoms with van der Waals surface area (Å²) in [6, 6.07) is 13.7. The van der Waals surface area contributed by atoms with Crippen molar-refractivity contribution in [3.05, 3.63) is 54.7 Å². The van der Waals surface area contributed by atoms with E-state index in [4.69, 9.17) is 0 Å². The van der Waals surface area contributed by atoms with Crippen LogP contribution in [0, 0.1) is 0 Å². The fourth-order valence-electron chi connectivity index (χ4n) is 2.01. The van der Waals surface area contributed by atoms with Gasteiger partial charge in [0.1, 0.15) is 0 Å². The summed E-state index contributed by atoms with van der Waals surface area (Å²) in [6.45, 7) is 0. The molecule has 0 fully saturated rings. The molecule has 6 heteroatoms. The lowest BCUT2D eigenvalue weighted by molar-refractivity contribution is 0.589. The van der Waals surface area contributed by atoms with E-state index in [1.54, 1.807) is 48.7 Å². The number of nitrogens with zero attached hydrogens (tertiary/aromatic N) is 2. The summed E-state index contributed by atoms with van der Waals surface area (Å²) in [4.78, 5) is 4.67. The van der Waals surface area contributed by atoms with Crippen molar-refractivity contribution in [3.8, 4) is 0 Å². The summed E-state index contributed by atoms with van der Waals surface area (Å²) in [6.07, 6.45) is 3.48. The Morgan fingerprint density at radius 1 is 1.05 bits per heavy atom. The third-order valence-corrected chi connectivity index (χ3v) is 5.34. The number of aromatic nitrogens is 2. The Morgan fingerprint density at radius 2 is 1.80 bits per heavy atom. The maximum atomic E-state index is 12.6. The Morgan fingerprint density at radius 3 is 2.50 bits per heavy atom. The van der Waals surface area contributed by atoms with Crippen molar-refractivity contribution >= 4 is 32.8 Å². The lowest BCUT2D eigenvalue weighted by atomic mass is 10.4. The average molecular weight is 304 g/mol. The van der Waals surface area contributed by atoms with E-state index in [-0.39, 0.29) is 4.90 Å². The van der Waals surface area contributed by atoms with Crippen LogP contribution in [-0.4, -0.2) is 23.6 Å². The van der Waals surface area contributed by atoms with Gasteiger partial charge in [-0.15, -0.1) is 11.8 Å². The van der Waals surface area contributed by atoms with Crippen LogP contribution in [0.3, 0.4) is 0 Å². The van der Waals surface area contributed by atoms with E-state index in [0.29, 0.717) is 11.0 Å². The Labute approximate surface area is 121 Å². The van der Waals surface area contributed by atoms with Crippen molar-refractivity contribution in [2.45, 2.75) is 9.92 Å². The highest BCUT2D eigenvalue weighted by Crippen LogP contribution is 2.23. The zero-order valence-corrected chi connectivity index (χ0v) is 12.4. The maximum Gasteiger partial charge on any atom is 0.268 e. The molecule has 20 heavy (non-hydrogen) atoms. The number of benzene rings is 1. The van der Waals surface area contributed by atoms with E-state index in [1.807, 2.05) is 12.3 Å². The van der Waals surface area contributed by atoms with Crippen molar-refractivity contribution in [2.75, 3.05) is 6.26 Å². The Hall–Kier alpha value is -1.79. The van der Waals surface area contributed by atoms with Crippen LogP contribution in [0.2, 0.25) is 0 Å². The second kappa shape index (κ2) is 4.96. The first kappa shape index (κ1) is 13.2. The first-order chi connectivity index (χ1) is 9.63. The predicted molar refractivity (Wildman–Crippen MR) is 80.5 cm³/mol. The molecule has 4 nitrogen and oxygen atoms in total. The van der Waals surface area contributed by atoms with Crippen LogP contribution in [0.15, 0.2) is 64.6 Å². The largest absolute Gasteiger partial charge is 0.268 e. The third kappa shape index (κ3) is 2.10. The molecule has 0 aliphatic heterocycles. The van der Waals surface area contributed by atoms with Gasteiger partial charge in [0, 0.05) is 6.20 Å². The molecular formula is C14H12N2O2S2. The molecule has 3 aromatic rings. The summed E-state index contributed by atoms with van der Waals surface area (Å²) >= 11 is 1.53. The lowest BCUT2D eigenvalue weighted by Gasteiger charge is -2.07. The normalized spacial score (nSPS) is 11.8. The first-order valence-corrected chi connectivity index (χ1v) is 8.62. The minimum absolute atomic E-state index is 0.270. The number of thioether (sulfide) groups is 1. The van der Waals surface area contributed by atoms with Crippen LogP contribution in [0.1, 0.15) is 0 Å². The molecule has 0 radical (unpaired) electrons. The number of hydrogen-bond donors (Lipinski definition) is 0. The van der Waals surface area contributed by atoms with E-state index in [9.17, 15) is 8.42 Å². The van der Waals surface area contributed by atoms with Crippen molar-refractivity contribution in [1.82, 2.24) is 8.96 Å². The van der Waals surface area contributed by atoms with Crippen molar-refractivity contribution in [3.63, 3.8) is 0 Å². The topological polar surface area (TPSA) is 52.0 Å². The van der Waals surface area contributed by atoms with Gasteiger partial charge in [-0.25, -0.2) is 17.4 Å². The molecule has 0 saturated heterocycles. The molecule has 0 aliphatic rings. The second-order valence-electron chi connectivity index (χ2n) is 4.19. The molecule has 0 spiro atoms. The molecule has 0 saturated carbocycles. The number of hydrogen-bond acceptors (Lipinski definition) is 4. The number of fused-ring (bicyclic) bond motifs is 1. The monoisotopic (exact) mass is 304 g/mol. The van der Waals surface area contributed by atoms with Gasteiger partial charge in [0.2, 0.25) is 0 Å². The van der Waals surface area contributed by atoms with Gasteiger partial charge in [-0.2, -0.15) is 0 Å². The molecule has 0 unspecified atom stereocenters. The van der Waals surface area contributed by atoms with E-state index in [0.717, 1.165) is 5.03 Å². The lowest BCUT2D eigenvalue weighted by Crippen LogP contribution is -2.11. The maximum absolute atomic E-state index is 12.6. The van der Waals surface area contributed by atoms with Gasteiger partial charge in [0.05, 0.1) is 21.0 Å². The van der Waals surface area contributed by atoms with Gasteiger partial charge in [0.25, 0.3) is 10.0 Å². The Kier molecular flexibility index (Phi) is 3.27. The van der Waals surface area contributed by atoms with Gasteiger partial charge in [-0.05, 0) is 36.6 Å². The van der Waals surface area contributed by atoms with Gasteiger partial charge >= 0.3 is 0 Å². The van der Waals surface area contributed by atoms with Crippen LogP contribution in [0.4, 0.5) is 0 Å². The van der Waals surface area contributed by atoms with Gasteiger partial charge in [-0.3, -0.25) is 0 Å². The first-order valence-electron chi connectivity index (χ1n) is 5.95. The van der Waals surface area contributed by atoms with E-state index in [1.165, 1.54) is 15.7 Å². The molecule has 2 heterocycles. The van der Waals surface area contributed by atoms with Crippen LogP contribution in [-0.2, 0) is 10.0 Å². The fourth-order valence-corrected chi connectivity index (χ4v) is 3.76. The third-order valence-electron chi connectivity index (χ3n) is 2.99. The predicted octanol–water partition coefficient (Wildman–Crippen LogP) is 3.00. The molecule has 1 aromatic carbocycles. The summed E-state index contributed by atoms with van der Waals surface area (Å²) in [5.41, 5.74) is 1.27. The summed E-state index contributed by atoms with van der Waals surface area (Å²) in [5, 5.41) is 0.868. The van der Waals surface area contributed by atoms with Gasteiger partial charge < -0.3 is 0 Å². The average Bonchev–Trinajstić information content (AvgIpc) is 2.91. The van der Waals surface area contributed by atoms with E-state index >= 15 is 0 Å². The highest BCUT2D eigenvalue weighted by atomic mass is 32.2. The molecule has 0 aliphatic carbocycles. The van der Waals surface area contributed by atoms with Crippen molar-refractivity contribution in [1.29, 1.82) is 0 Å². The number of pyridine rings is 1. The van der Waals surface area contributed by atoms with Crippen molar-refractivity contribution < 1.29 is 8.42 Å². The summed E-state index contributed by atoms with van der Waals surface area (Å²) in [7, 11) is -3.57. The molecule has 0 N–H and O–H groups in total. The second-order valence-corrected chi connectivity index (χ2v) is 6.83. The van der Waals surface area contributed by atoms with Crippen LogP contribution < -0.4 is 0 Å². The molecule has 0 amide bonds. The van der Waals surface area contributed by atoms with Crippen LogP contribution in [0.25, 0.3) is 11.0 Å². The zero-order chi connectivity index (χ0) is 14.2. The van der Waals surface area contributed by atoms with Gasteiger partial charge in [0.15, 0.2) is 0 Å². The molecule has 0 atom stereocenters. The quantitative estimate of drug-likeness (QED) is 0.698. The Bertz CT molecular complexity index is 855. The smallest absolute Gasteiger partial charge is 0.240 e. The molecule has 102 valence electrons. The Balaban J connectivity index is 2.20. The van der Waals surface area contributed by atoms with Crippen LogP contribution >= 0.6 is 11.8 Å². The standard InChI is InChI=1S/C14H12N2O2S2/c1-19-14-8-7-13-12(15-14)9-10-16(13)20(17,18)11-5-3-2-4-6-11/h2-10H,1H3. The highest BCUT2D eigenvalue weighted by Gasteiger charge is 2.18. The van der Waals surface area contributed by atoms with Crippen molar-refractivity contribution in [2.24, 2.45) is 0 Å². The molecule has 0 bridgehead atoms. The number of rotatable bonds is 3. The minimum atomic E-state index is -3.57. The molecule has 3 rings (SSSR count). The van der Waals surface area contributed by atoms with Crippen LogP contribution in [0.5, 0.6) is 0 Å². The highest BCUT2D eigenvalue weighted by molar-refractivity contribution is 7.98. The van der Waals surface area contributed by atoms with E-state index < -0.39 is 10.0 Å². The zero-order valence-electron chi connectivity index (χ0n) is 10.7. The van der Waals surface area contributed by atoms with E-state index in [2.05, 4.69) is 4.98 Å². The summed E-state index contributed by atoms with van der Waals surface area (Å²) < 4.78 is 26.5. The molecule has 2 aromatic heterocycles. The molecular weight excluding hydrogens is 292 g/mol. The van der Waals surface area contributed by atoms with Gasteiger partial charge in [-0.1, -0.05) is 18.2 Å². The summed E-state index contributed by atoms with van der Waals surface area (Å²) in [5.74, 6) is 0. The SMILES string of the molecule is CSc1ccc2c(ccn2S(=O)(=O)c2ccccc2)n1.